The number of ether oxygens (including phenoxy) is 1. The fraction of sp³-hybridized carbons (Fsp3) is 0.462. The molecule has 0 bridgehead atoms. The number of carbonyl (C=O) groups excluding carboxylic acids is 1. The van der Waals surface area contributed by atoms with Crippen LogP contribution in [0.1, 0.15) is 32.4 Å². The van der Waals surface area contributed by atoms with Gasteiger partial charge < -0.3 is 15.2 Å². The molecule has 0 aliphatic rings. The van der Waals surface area contributed by atoms with Crippen molar-refractivity contribution in [1.82, 2.24) is 5.32 Å². The van der Waals surface area contributed by atoms with Gasteiger partial charge in [-0.2, -0.15) is 0 Å². The number of hydrogen-bond donors (Lipinski definition) is 2. The SMILES string of the molecule is CC(C)(C)OC(=O)NC(CO)c1ccc(Cl)cc1F. The molecule has 0 saturated heterocycles. The number of nitrogens with one attached hydrogen (secondary N) is 1. The summed E-state index contributed by atoms with van der Waals surface area (Å²) in [5.41, 5.74) is -0.513. The number of amides is 1. The molecule has 1 rings (SSSR count). The lowest BCUT2D eigenvalue weighted by Gasteiger charge is -2.23. The summed E-state index contributed by atoms with van der Waals surface area (Å²) in [4.78, 5) is 11.6. The number of halogens is 2. The second kappa shape index (κ2) is 6.21. The summed E-state index contributed by atoms with van der Waals surface area (Å²) in [5, 5.41) is 11.9. The standard InChI is InChI=1S/C13H17ClFNO3/c1-13(2,3)19-12(18)16-11(7-17)9-5-4-8(14)6-10(9)15/h4-6,11,17H,7H2,1-3H3,(H,16,18). The van der Waals surface area contributed by atoms with E-state index in [1.54, 1.807) is 20.8 Å². The Bertz CT molecular complexity index is 460. The molecule has 1 aromatic carbocycles. The van der Waals surface area contributed by atoms with Crippen molar-refractivity contribution >= 4 is 17.7 Å². The lowest BCUT2D eigenvalue weighted by molar-refractivity contribution is 0.0480. The van der Waals surface area contributed by atoms with Crippen molar-refractivity contribution in [1.29, 1.82) is 0 Å². The molecule has 1 amide bonds. The highest BCUT2D eigenvalue weighted by Gasteiger charge is 2.22. The van der Waals surface area contributed by atoms with Crippen LogP contribution in [-0.4, -0.2) is 23.4 Å². The number of carbonyl (C=O) groups is 1. The molecule has 1 unspecified atom stereocenters. The average molecular weight is 290 g/mol. The van der Waals surface area contributed by atoms with E-state index in [0.29, 0.717) is 0 Å². The first kappa shape index (κ1) is 15.7. The second-order valence-electron chi connectivity index (χ2n) is 5.05. The summed E-state index contributed by atoms with van der Waals surface area (Å²) in [7, 11) is 0. The molecule has 0 radical (unpaired) electrons. The van der Waals surface area contributed by atoms with Crippen molar-refractivity contribution in [2.75, 3.05) is 6.61 Å². The van der Waals surface area contributed by atoms with Crippen LogP contribution in [0.3, 0.4) is 0 Å². The van der Waals surface area contributed by atoms with Crippen LogP contribution < -0.4 is 5.32 Å². The number of hydrogen-bond acceptors (Lipinski definition) is 3. The van der Waals surface area contributed by atoms with E-state index in [2.05, 4.69) is 5.32 Å². The van der Waals surface area contributed by atoms with Gasteiger partial charge in [0.1, 0.15) is 11.4 Å². The van der Waals surface area contributed by atoms with Crippen molar-refractivity contribution in [3.63, 3.8) is 0 Å². The number of aliphatic hydroxyl groups excluding tert-OH is 1. The highest BCUT2D eigenvalue weighted by atomic mass is 35.5. The molecule has 0 aromatic heterocycles. The lowest BCUT2D eigenvalue weighted by Crippen LogP contribution is -2.36. The third-order valence-corrected chi connectivity index (χ3v) is 2.45. The molecule has 106 valence electrons. The van der Waals surface area contributed by atoms with E-state index in [4.69, 9.17) is 16.3 Å². The number of benzene rings is 1. The summed E-state index contributed by atoms with van der Waals surface area (Å²) in [6.07, 6.45) is -0.721. The van der Waals surface area contributed by atoms with Gasteiger partial charge in [0.15, 0.2) is 0 Å². The van der Waals surface area contributed by atoms with Crippen LogP contribution in [0.5, 0.6) is 0 Å². The van der Waals surface area contributed by atoms with E-state index in [1.165, 1.54) is 12.1 Å². The van der Waals surface area contributed by atoms with E-state index in [0.717, 1.165) is 6.07 Å². The monoisotopic (exact) mass is 289 g/mol. The summed E-state index contributed by atoms with van der Waals surface area (Å²) < 4.78 is 18.7. The van der Waals surface area contributed by atoms with Crippen LogP contribution in [-0.2, 0) is 4.74 Å². The van der Waals surface area contributed by atoms with Crippen LogP contribution in [0, 0.1) is 5.82 Å². The molecule has 2 N–H and O–H groups in total. The summed E-state index contributed by atoms with van der Waals surface area (Å²) in [6.45, 7) is 4.69. The fourth-order valence-electron chi connectivity index (χ4n) is 1.46. The number of alkyl carbamates (subject to hydrolysis) is 1. The van der Waals surface area contributed by atoms with Gasteiger partial charge in [-0.1, -0.05) is 17.7 Å². The van der Waals surface area contributed by atoms with Crippen molar-refractivity contribution < 1.29 is 19.0 Å². The van der Waals surface area contributed by atoms with Gasteiger partial charge in [0.2, 0.25) is 0 Å². The lowest BCUT2D eigenvalue weighted by atomic mass is 10.1. The second-order valence-corrected chi connectivity index (χ2v) is 5.48. The van der Waals surface area contributed by atoms with Crippen molar-refractivity contribution in [3.05, 3.63) is 34.6 Å². The Labute approximate surface area is 116 Å². The largest absolute Gasteiger partial charge is 0.444 e. The van der Waals surface area contributed by atoms with Crippen LogP contribution in [0.2, 0.25) is 5.02 Å². The zero-order valence-corrected chi connectivity index (χ0v) is 11.8. The zero-order chi connectivity index (χ0) is 14.6. The molecule has 1 aromatic rings. The van der Waals surface area contributed by atoms with E-state index in [1.807, 2.05) is 0 Å². The van der Waals surface area contributed by atoms with E-state index < -0.39 is 30.2 Å². The maximum Gasteiger partial charge on any atom is 0.408 e. The van der Waals surface area contributed by atoms with E-state index in [-0.39, 0.29) is 10.6 Å². The maximum absolute atomic E-state index is 13.7. The quantitative estimate of drug-likeness (QED) is 0.899. The highest BCUT2D eigenvalue weighted by Crippen LogP contribution is 2.21. The Balaban J connectivity index is 2.81. The third-order valence-electron chi connectivity index (χ3n) is 2.21. The molecule has 19 heavy (non-hydrogen) atoms. The fourth-order valence-corrected chi connectivity index (χ4v) is 1.61. The topological polar surface area (TPSA) is 58.6 Å². The Morgan fingerprint density at radius 2 is 2.16 bits per heavy atom. The van der Waals surface area contributed by atoms with E-state index in [9.17, 15) is 14.3 Å². The minimum Gasteiger partial charge on any atom is -0.444 e. The molecule has 0 aliphatic heterocycles. The Morgan fingerprint density at radius 1 is 1.53 bits per heavy atom. The van der Waals surface area contributed by atoms with Crippen LogP contribution in [0.15, 0.2) is 18.2 Å². The van der Waals surface area contributed by atoms with Gasteiger partial charge in [-0.25, -0.2) is 9.18 Å². The summed E-state index contributed by atoms with van der Waals surface area (Å²) in [6, 6.07) is 3.14. The number of rotatable bonds is 3. The summed E-state index contributed by atoms with van der Waals surface area (Å²) >= 11 is 5.64. The van der Waals surface area contributed by atoms with Gasteiger partial charge in [0.25, 0.3) is 0 Å². The van der Waals surface area contributed by atoms with E-state index >= 15 is 0 Å². The van der Waals surface area contributed by atoms with Gasteiger partial charge in [0.05, 0.1) is 12.6 Å². The van der Waals surface area contributed by atoms with Crippen molar-refractivity contribution in [2.45, 2.75) is 32.4 Å². The third kappa shape index (κ3) is 5.04. The van der Waals surface area contributed by atoms with Crippen LogP contribution in [0.4, 0.5) is 9.18 Å². The zero-order valence-electron chi connectivity index (χ0n) is 11.0. The first-order valence-electron chi connectivity index (χ1n) is 5.78. The molecular formula is C13H17ClFNO3. The Hall–Kier alpha value is -1.33. The molecule has 0 heterocycles. The molecular weight excluding hydrogens is 273 g/mol. The van der Waals surface area contributed by atoms with Gasteiger partial charge in [0, 0.05) is 10.6 Å². The molecule has 0 spiro atoms. The predicted octanol–water partition coefficient (Wildman–Crippen LogP) is 3.04. The predicted molar refractivity (Wildman–Crippen MR) is 70.6 cm³/mol. The van der Waals surface area contributed by atoms with Crippen LogP contribution >= 0.6 is 11.6 Å². The molecule has 0 aliphatic carbocycles. The minimum atomic E-state index is -0.882. The molecule has 0 fully saturated rings. The first-order valence-corrected chi connectivity index (χ1v) is 6.16. The van der Waals surface area contributed by atoms with Gasteiger partial charge in [-0.15, -0.1) is 0 Å². The van der Waals surface area contributed by atoms with Crippen molar-refractivity contribution in [3.8, 4) is 0 Å². The Kier molecular flexibility index (Phi) is 5.14. The van der Waals surface area contributed by atoms with Crippen molar-refractivity contribution in [2.24, 2.45) is 0 Å². The molecule has 1 atom stereocenters. The van der Waals surface area contributed by atoms with Gasteiger partial charge in [-0.3, -0.25) is 0 Å². The Morgan fingerprint density at radius 3 is 2.63 bits per heavy atom. The maximum atomic E-state index is 13.7. The first-order chi connectivity index (χ1) is 8.73. The minimum absolute atomic E-state index is 0.151. The van der Waals surface area contributed by atoms with Gasteiger partial charge in [-0.05, 0) is 32.9 Å². The van der Waals surface area contributed by atoms with Crippen LogP contribution in [0.25, 0.3) is 0 Å². The normalized spacial score (nSPS) is 12.9. The summed E-state index contributed by atoms with van der Waals surface area (Å²) in [5.74, 6) is -0.595. The molecule has 6 heteroatoms. The van der Waals surface area contributed by atoms with Gasteiger partial charge >= 0.3 is 6.09 Å². The molecule has 4 nitrogen and oxygen atoms in total. The smallest absolute Gasteiger partial charge is 0.408 e. The number of aliphatic hydroxyl groups is 1. The molecule has 0 saturated carbocycles. The highest BCUT2D eigenvalue weighted by molar-refractivity contribution is 6.30. The average Bonchev–Trinajstić information content (AvgIpc) is 2.24.